The number of aromatic amines is 2. The Balaban J connectivity index is 0.000000730. The number of aromatic nitrogens is 7. The zero-order chi connectivity index (χ0) is 97.6. The highest BCUT2D eigenvalue weighted by Gasteiger charge is 2.50. The fourth-order valence-electron chi connectivity index (χ4n) is 11.4. The van der Waals surface area contributed by atoms with E-state index >= 15 is 0 Å². The molecular weight excluding hydrogens is 1750 g/mol. The van der Waals surface area contributed by atoms with Gasteiger partial charge in [-0.05, 0) is 182 Å². The summed E-state index contributed by atoms with van der Waals surface area (Å²) < 4.78 is 91.7. The summed E-state index contributed by atoms with van der Waals surface area (Å²) in [4.78, 5) is 179. The number of carbonyl (C=O) groups is 8. The Morgan fingerprint density at radius 2 is 0.900 bits per heavy atom. The van der Waals surface area contributed by atoms with Gasteiger partial charge in [0.25, 0.3) is 11.1 Å². The number of azide groups is 1. The number of nitrogens with one attached hydrogen (secondary N) is 6. The number of aryl methyl sites for hydroxylation is 1. The second-order valence-corrected chi connectivity index (χ2v) is 39.6. The van der Waals surface area contributed by atoms with Gasteiger partial charge in [-0.3, -0.25) is 51.6 Å². The van der Waals surface area contributed by atoms with Crippen LogP contribution in [0.4, 0.5) is 38.4 Å². The van der Waals surface area contributed by atoms with E-state index in [4.69, 9.17) is 68.4 Å². The van der Waals surface area contributed by atoms with E-state index in [0.29, 0.717) is 136 Å². The molecule has 0 radical (unpaired) electrons. The molecule has 50 heteroatoms. The van der Waals surface area contributed by atoms with Gasteiger partial charge in [0, 0.05) is 121 Å². The topological polar surface area (TPSA) is 613 Å². The van der Waals surface area contributed by atoms with Crippen molar-refractivity contribution in [1.82, 2.24) is 75.0 Å². The minimum atomic E-state index is -4.19. The van der Waals surface area contributed by atoms with Crippen molar-refractivity contribution in [2.45, 2.75) is 286 Å². The number of hydrogen-bond donors (Lipinski definition) is 10. The Labute approximate surface area is 756 Å². The van der Waals surface area contributed by atoms with Crippen molar-refractivity contribution in [2.24, 2.45) is 5.11 Å². The van der Waals surface area contributed by atoms with E-state index in [1.54, 1.807) is 134 Å². The number of carbonyl (C=O) groups excluding carboxylic acids is 8. The van der Waals surface area contributed by atoms with Gasteiger partial charge in [-0.25, -0.2) is 47.9 Å². The van der Waals surface area contributed by atoms with E-state index < -0.39 is 182 Å². The normalized spacial score (nSPS) is 18.2. The second kappa shape index (κ2) is 53.9. The molecular formula is C80H138N18O30P2. The lowest BCUT2D eigenvalue weighted by Gasteiger charge is -2.29. The van der Waals surface area contributed by atoms with Gasteiger partial charge < -0.3 is 108 Å². The molecule has 5 rings (SSSR count). The molecule has 0 bridgehead atoms. The molecule has 2 fully saturated rings. The van der Waals surface area contributed by atoms with Crippen LogP contribution in [-0.4, -0.2) is 297 Å². The maximum absolute atomic E-state index is 13.2. The molecule has 5 heterocycles. The summed E-state index contributed by atoms with van der Waals surface area (Å²) >= 11 is 0. The van der Waals surface area contributed by atoms with Crippen LogP contribution in [0.2, 0.25) is 0 Å². The Morgan fingerprint density at radius 3 is 1.25 bits per heavy atom. The van der Waals surface area contributed by atoms with Crippen molar-refractivity contribution >= 4 is 63.9 Å². The maximum atomic E-state index is 13.2. The van der Waals surface area contributed by atoms with Crippen molar-refractivity contribution < 1.29 is 124 Å². The first-order valence-corrected chi connectivity index (χ1v) is 45.8. The van der Waals surface area contributed by atoms with Gasteiger partial charge in [0.05, 0.1) is 19.3 Å². The number of rotatable bonds is 40. The molecule has 8 amide bonds. The van der Waals surface area contributed by atoms with Gasteiger partial charge in [0.2, 0.25) is 0 Å². The average molecular weight is 1890 g/mol. The van der Waals surface area contributed by atoms with Gasteiger partial charge >= 0.3 is 75.3 Å². The highest BCUT2D eigenvalue weighted by Crippen LogP contribution is 2.47. The van der Waals surface area contributed by atoms with Crippen molar-refractivity contribution in [3.63, 3.8) is 0 Å². The number of unbranched alkanes of at least 4 members (excludes halogenated alkanes) is 2. The van der Waals surface area contributed by atoms with Gasteiger partial charge in [-0.1, -0.05) is 30.6 Å². The number of alkyl carbamates (subject to hydrolysis) is 4. The zero-order valence-electron chi connectivity index (χ0n) is 77.4. The highest BCUT2D eigenvalue weighted by molar-refractivity contribution is 7.52. The molecule has 0 spiro atoms. The zero-order valence-corrected chi connectivity index (χ0v) is 79.2. The van der Waals surface area contributed by atoms with Crippen LogP contribution in [0.25, 0.3) is 10.4 Å². The summed E-state index contributed by atoms with van der Waals surface area (Å²) in [6.07, 6.45) is -3.17. The molecule has 48 nitrogen and oxygen atoms in total. The van der Waals surface area contributed by atoms with Crippen LogP contribution < -0.4 is 43.8 Å². The van der Waals surface area contributed by atoms with E-state index in [9.17, 15) is 86.7 Å². The van der Waals surface area contributed by atoms with Crippen LogP contribution in [0.15, 0.2) is 55.0 Å². The Morgan fingerprint density at radius 1 is 0.546 bits per heavy atom. The summed E-state index contributed by atoms with van der Waals surface area (Å²) in [5, 5.41) is 43.2. The average Bonchev–Trinajstić information content (AvgIpc) is 1.64. The fourth-order valence-corrected chi connectivity index (χ4v) is 13.0. The van der Waals surface area contributed by atoms with E-state index in [1.165, 1.54) is 6.92 Å². The number of terminal acetylenes is 1. The van der Waals surface area contributed by atoms with Gasteiger partial charge in [-0.15, -0.1) is 11.5 Å². The minimum absolute atomic E-state index is 0. The van der Waals surface area contributed by atoms with Crippen molar-refractivity contribution in [3.05, 3.63) is 88.5 Å². The number of hydrogen-bond acceptors (Lipinski definition) is 31. The quantitative estimate of drug-likeness (QED) is 0.00486. The first-order valence-electron chi connectivity index (χ1n) is 42.0. The van der Waals surface area contributed by atoms with Gasteiger partial charge in [-0.2, -0.15) is 0 Å². The van der Waals surface area contributed by atoms with Crippen molar-refractivity contribution in [3.8, 4) is 12.3 Å². The largest absolute Gasteiger partial charge is 0.447 e. The van der Waals surface area contributed by atoms with E-state index in [0.717, 1.165) is 40.3 Å². The van der Waals surface area contributed by atoms with Gasteiger partial charge in [0.15, 0.2) is 12.5 Å². The Bertz CT molecular complexity index is 4520. The highest BCUT2D eigenvalue weighted by atomic mass is 31.2. The first-order chi connectivity index (χ1) is 59.7. The number of amides is 8. The molecule has 4 unspecified atom stereocenters. The number of H-pyrrole nitrogens is 2. The lowest BCUT2D eigenvalue weighted by molar-refractivity contribution is -0.0565. The number of nitrogens with zero attached hydrogens (tertiary/aromatic N) is 12. The molecule has 3 aromatic rings. The molecule has 130 heavy (non-hydrogen) atoms. The number of aliphatic hydroxyl groups is 2. The molecule has 0 aliphatic carbocycles. The summed E-state index contributed by atoms with van der Waals surface area (Å²) in [7, 11) is -8.26. The third-order valence-corrected chi connectivity index (χ3v) is 18.9. The SMILES string of the molecule is C.C#CCNC(=O)OC[C@H]1O[C@@H](n2ccc(=O)[nH]c2=O)C(O)[C@H]1OP(=O)(O)CC.CC(C)(C)OC(=O)NCCCN(CCCCN(CCCN=[N+]=[N-])C(=O)OC(C)(C)C)C(=O)OC(C)(C)C.CC(C)(C)OC(=O)NCCCN(CCCCN(CCCn1cc(CNC(=O)OC[C@H]2O[C@@H](n3ccc(=O)[nH]c3=O)C(O)[C@H]2OP(C)(=O)O)nn1)C(=O)OC(C)(C)C)C(=O)OC(C)(C)C. The van der Waals surface area contributed by atoms with Crippen LogP contribution in [0.1, 0.15) is 208 Å². The summed E-state index contributed by atoms with van der Waals surface area (Å²) in [6, 6.07) is 2.05. The van der Waals surface area contributed by atoms with Crippen LogP contribution in [-0.2, 0) is 78.6 Å². The molecule has 2 aliphatic rings. The molecule has 0 saturated carbocycles. The van der Waals surface area contributed by atoms with Crippen molar-refractivity contribution in [1.29, 1.82) is 0 Å². The lowest BCUT2D eigenvalue weighted by atomic mass is 10.1. The summed E-state index contributed by atoms with van der Waals surface area (Å²) in [5.74, 6) is 2.18. The van der Waals surface area contributed by atoms with Crippen LogP contribution in [0.5, 0.6) is 0 Å². The lowest BCUT2D eigenvalue weighted by Crippen LogP contribution is -2.40. The molecule has 2 saturated heterocycles. The van der Waals surface area contributed by atoms with Gasteiger partial charge in [0.1, 0.15) is 89.1 Å². The smallest absolute Gasteiger partial charge is 0.410 e. The van der Waals surface area contributed by atoms with Crippen LogP contribution in [0.3, 0.4) is 0 Å². The summed E-state index contributed by atoms with van der Waals surface area (Å²) in [6.45, 7) is 37.6. The third kappa shape index (κ3) is 48.0. The Kier molecular flexibility index (Phi) is 47.9. The van der Waals surface area contributed by atoms with Crippen LogP contribution >= 0.6 is 15.2 Å². The van der Waals surface area contributed by atoms with E-state index in [2.05, 4.69) is 47.5 Å². The standard InChI is InChI=1S/C39H66N9O15P.C25H48N6O6.C15H20N3O9P.CH4/c1-37(2,3)60-34(53)40-16-13-19-45(35(54)61-38(4,5)6)17-11-12-18-46(36(55)62-39(7,8)9)20-14-21-47-24-26(43-44-47)23-41-33(52)58-25-27-30(63-64(10,56)57)29(50)31(59-27)48-22-15-28(49)42-32(48)51;1-23(2,3)35-20(32)27-14-12-18-30(21(33)36-24(4,5)6)16-10-11-17-31(19-13-15-28-29-26)22(34)37-25(7,8)9;1-3-6-16-15(22)25-8-9-12(27-28(23,24)4-2)11(20)13(26-9)18-7-5-10(19)17-14(18)21;/h15,22,24,27,29-31,50H,11-14,16-21,23,25H2,1-10H3,(H,40,53)(H,41,52)(H,56,57)(H,42,49,51);10-19H2,1-9H3,(H,27,32);1,5,7,9,11-13,20H,4,6,8H2,2H3,(H,16,22)(H,23,24)(H,17,19,21);1H4/t27-,29?,30+,31-;;9-,11?,12+,13-;/m1.1./s1. The monoisotopic (exact) mass is 1890 g/mol. The van der Waals surface area contributed by atoms with E-state index in [1.807, 2.05) is 30.7 Å². The van der Waals surface area contributed by atoms with E-state index in [-0.39, 0.29) is 26.7 Å². The minimum Gasteiger partial charge on any atom is -0.447 e. The third-order valence-electron chi connectivity index (χ3n) is 16.9. The molecule has 10 atom stereocenters. The number of ether oxygens (including phenoxy) is 10. The van der Waals surface area contributed by atoms with Crippen molar-refractivity contribution in [2.75, 3.05) is 105 Å². The molecule has 2 aliphatic heterocycles. The summed E-state index contributed by atoms with van der Waals surface area (Å²) in [5.41, 5.74) is 1.79. The predicted molar refractivity (Wildman–Crippen MR) is 472 cm³/mol. The molecule has 738 valence electrons. The number of aliphatic hydroxyl groups excluding tert-OH is 2. The Hall–Kier alpha value is -10.3. The second-order valence-electron chi connectivity index (χ2n) is 35.6. The fraction of sp³-hybridized carbons (Fsp3) is 0.750. The first kappa shape index (κ1) is 116. The van der Waals surface area contributed by atoms with Crippen LogP contribution in [0, 0.1) is 12.3 Å². The molecule has 3 aromatic heterocycles. The molecule has 0 aromatic carbocycles. The maximum Gasteiger partial charge on any atom is 0.410 e. The predicted octanol–water partition coefficient (Wildman–Crippen LogP) is 8.31. The molecule has 10 N–H and O–H groups in total.